The van der Waals surface area contributed by atoms with Gasteiger partial charge in [-0.05, 0) is 40.5 Å². The Morgan fingerprint density at radius 2 is 2.31 bits per heavy atom. The maximum absolute atomic E-state index is 12.7. The first-order valence-corrected chi connectivity index (χ1v) is 5.71. The zero-order valence-electron chi connectivity index (χ0n) is 8.93. The van der Waals surface area contributed by atoms with Crippen LogP contribution in [0.3, 0.4) is 0 Å². The third-order valence-corrected chi connectivity index (χ3v) is 2.60. The number of hydrogen-bond acceptors (Lipinski definition) is 2. The lowest BCUT2D eigenvalue weighted by Gasteiger charge is -2.07. The average Bonchev–Trinajstić information content (AvgIpc) is 2.26. The zero-order chi connectivity index (χ0) is 12.0. The molecule has 3 nitrogen and oxygen atoms in total. The number of benzene rings is 1. The van der Waals surface area contributed by atoms with Gasteiger partial charge in [-0.2, -0.15) is 0 Å². The number of halogens is 2. The van der Waals surface area contributed by atoms with Crippen molar-refractivity contribution in [2.24, 2.45) is 0 Å². The Morgan fingerprint density at radius 1 is 1.56 bits per heavy atom. The normalized spacial score (nSPS) is 9.94. The van der Waals surface area contributed by atoms with E-state index in [0.29, 0.717) is 29.7 Å². The lowest BCUT2D eigenvalue weighted by Crippen LogP contribution is -2.18. The molecule has 1 aromatic rings. The number of nitrogens with one attached hydrogen (secondary N) is 1. The van der Waals surface area contributed by atoms with Crippen LogP contribution in [0.1, 0.15) is 12.8 Å². The Morgan fingerprint density at radius 3 is 2.94 bits per heavy atom. The first-order chi connectivity index (χ1) is 7.63. The molecule has 0 bridgehead atoms. The predicted octanol–water partition coefficient (Wildman–Crippen LogP) is 2.49. The van der Waals surface area contributed by atoms with E-state index < -0.39 is 0 Å². The molecule has 1 N–H and O–H groups in total. The van der Waals surface area contributed by atoms with Gasteiger partial charge in [0.1, 0.15) is 11.6 Å². The van der Waals surface area contributed by atoms with Gasteiger partial charge in [-0.25, -0.2) is 4.39 Å². The van der Waals surface area contributed by atoms with Crippen molar-refractivity contribution in [3.63, 3.8) is 0 Å². The molecule has 0 atom stereocenters. The molecule has 0 spiro atoms. The molecule has 0 radical (unpaired) electrons. The highest BCUT2D eigenvalue weighted by atomic mass is 79.9. The number of carbonyl (C=O) groups excluding carboxylic acids is 1. The molecule has 0 aromatic heterocycles. The predicted molar refractivity (Wildman–Crippen MR) is 62.9 cm³/mol. The molecule has 0 saturated heterocycles. The number of rotatable bonds is 5. The topological polar surface area (TPSA) is 38.3 Å². The van der Waals surface area contributed by atoms with Crippen molar-refractivity contribution in [2.75, 3.05) is 13.7 Å². The van der Waals surface area contributed by atoms with Gasteiger partial charge in [-0.1, -0.05) is 0 Å². The van der Waals surface area contributed by atoms with Gasteiger partial charge in [0.05, 0.1) is 11.1 Å². The maximum atomic E-state index is 12.7. The quantitative estimate of drug-likeness (QED) is 0.846. The smallest absolute Gasteiger partial charge is 0.219 e. The molecule has 1 rings (SSSR count). The summed E-state index contributed by atoms with van der Waals surface area (Å²) < 4.78 is 18.7. The van der Waals surface area contributed by atoms with E-state index in [0.717, 1.165) is 0 Å². The third-order valence-electron chi connectivity index (χ3n) is 1.98. The fourth-order valence-corrected chi connectivity index (χ4v) is 1.60. The summed E-state index contributed by atoms with van der Waals surface area (Å²) in [5.74, 6) is 0.254. The van der Waals surface area contributed by atoms with Crippen LogP contribution in [0.15, 0.2) is 22.7 Å². The van der Waals surface area contributed by atoms with E-state index in [1.807, 2.05) is 0 Å². The molecule has 0 heterocycles. The second kappa shape index (κ2) is 6.48. The van der Waals surface area contributed by atoms with E-state index in [1.165, 1.54) is 12.1 Å². The number of hydrogen-bond donors (Lipinski definition) is 1. The molecule has 0 unspecified atom stereocenters. The highest BCUT2D eigenvalue weighted by Crippen LogP contribution is 2.25. The number of amides is 1. The molecule has 5 heteroatoms. The lowest BCUT2D eigenvalue weighted by atomic mass is 10.3. The Labute approximate surface area is 102 Å². The van der Waals surface area contributed by atoms with E-state index in [-0.39, 0.29) is 11.7 Å². The van der Waals surface area contributed by atoms with Crippen molar-refractivity contribution in [2.45, 2.75) is 12.8 Å². The largest absolute Gasteiger partial charge is 0.492 e. The summed E-state index contributed by atoms with van der Waals surface area (Å²) in [4.78, 5) is 10.9. The van der Waals surface area contributed by atoms with Crippen LogP contribution in [0.25, 0.3) is 0 Å². The van der Waals surface area contributed by atoms with E-state index >= 15 is 0 Å². The van der Waals surface area contributed by atoms with E-state index in [2.05, 4.69) is 21.2 Å². The van der Waals surface area contributed by atoms with Crippen molar-refractivity contribution < 1.29 is 13.9 Å². The van der Waals surface area contributed by atoms with Crippen LogP contribution in [0.2, 0.25) is 0 Å². The summed E-state index contributed by atoms with van der Waals surface area (Å²) in [6.07, 6.45) is 1.05. The molecule has 16 heavy (non-hydrogen) atoms. The average molecular weight is 290 g/mol. The minimum Gasteiger partial charge on any atom is -0.492 e. The molecular weight excluding hydrogens is 277 g/mol. The summed E-state index contributed by atoms with van der Waals surface area (Å²) in [5, 5.41) is 2.53. The van der Waals surface area contributed by atoms with Gasteiger partial charge in [-0.3, -0.25) is 4.79 Å². The molecule has 0 aliphatic carbocycles. The second-order valence-electron chi connectivity index (χ2n) is 3.20. The maximum Gasteiger partial charge on any atom is 0.219 e. The van der Waals surface area contributed by atoms with E-state index in [9.17, 15) is 9.18 Å². The highest BCUT2D eigenvalue weighted by Gasteiger charge is 2.03. The molecule has 0 aliphatic heterocycles. The van der Waals surface area contributed by atoms with Crippen molar-refractivity contribution in [3.05, 3.63) is 28.5 Å². The second-order valence-corrected chi connectivity index (χ2v) is 4.05. The van der Waals surface area contributed by atoms with Gasteiger partial charge in [0.2, 0.25) is 5.91 Å². The fourth-order valence-electron chi connectivity index (χ4n) is 1.13. The van der Waals surface area contributed by atoms with Gasteiger partial charge in [-0.15, -0.1) is 0 Å². The van der Waals surface area contributed by atoms with E-state index in [4.69, 9.17) is 4.74 Å². The van der Waals surface area contributed by atoms with Gasteiger partial charge >= 0.3 is 0 Å². The standard InChI is InChI=1S/C11H13BrFNO2/c1-14-11(15)3-2-6-16-10-5-4-8(13)7-9(10)12/h4-5,7H,2-3,6H2,1H3,(H,14,15). The molecule has 1 amide bonds. The Bertz CT molecular complexity index is 371. The van der Waals surface area contributed by atoms with Crippen molar-refractivity contribution in [3.8, 4) is 5.75 Å². The van der Waals surface area contributed by atoms with Crippen LogP contribution in [0, 0.1) is 5.82 Å². The van der Waals surface area contributed by atoms with Gasteiger partial charge in [0.15, 0.2) is 0 Å². The summed E-state index contributed by atoms with van der Waals surface area (Å²) in [6, 6.07) is 4.23. The molecule has 0 aliphatic rings. The van der Waals surface area contributed by atoms with Crippen LogP contribution >= 0.6 is 15.9 Å². The Hall–Kier alpha value is -1.10. The van der Waals surface area contributed by atoms with Gasteiger partial charge in [0, 0.05) is 13.5 Å². The molecule has 0 saturated carbocycles. The summed E-state index contributed by atoms with van der Waals surface area (Å²) in [5.41, 5.74) is 0. The SMILES string of the molecule is CNC(=O)CCCOc1ccc(F)cc1Br. The zero-order valence-corrected chi connectivity index (χ0v) is 10.5. The summed E-state index contributed by atoms with van der Waals surface area (Å²) in [6.45, 7) is 0.428. The molecule has 88 valence electrons. The molecule has 1 aromatic carbocycles. The van der Waals surface area contributed by atoms with Crippen molar-refractivity contribution >= 4 is 21.8 Å². The first kappa shape index (κ1) is 13.0. The van der Waals surface area contributed by atoms with Crippen molar-refractivity contribution in [1.29, 1.82) is 0 Å². The minimum absolute atomic E-state index is 0.0122. The van der Waals surface area contributed by atoms with Crippen LogP contribution < -0.4 is 10.1 Å². The lowest BCUT2D eigenvalue weighted by molar-refractivity contribution is -0.120. The monoisotopic (exact) mass is 289 g/mol. The van der Waals surface area contributed by atoms with Gasteiger partial charge < -0.3 is 10.1 Å². The van der Waals surface area contributed by atoms with Crippen LogP contribution in [0.5, 0.6) is 5.75 Å². The van der Waals surface area contributed by atoms with Crippen LogP contribution in [-0.4, -0.2) is 19.6 Å². The highest BCUT2D eigenvalue weighted by molar-refractivity contribution is 9.10. The summed E-state index contributed by atoms with van der Waals surface area (Å²) >= 11 is 3.20. The van der Waals surface area contributed by atoms with Crippen molar-refractivity contribution in [1.82, 2.24) is 5.32 Å². The first-order valence-electron chi connectivity index (χ1n) is 4.92. The summed E-state index contributed by atoms with van der Waals surface area (Å²) in [7, 11) is 1.60. The Balaban J connectivity index is 2.35. The molecule has 0 fully saturated rings. The van der Waals surface area contributed by atoms with Crippen LogP contribution in [-0.2, 0) is 4.79 Å². The van der Waals surface area contributed by atoms with Crippen LogP contribution in [0.4, 0.5) is 4.39 Å². The van der Waals surface area contributed by atoms with Gasteiger partial charge in [0.25, 0.3) is 0 Å². The van der Waals surface area contributed by atoms with E-state index in [1.54, 1.807) is 13.1 Å². The fraction of sp³-hybridized carbons (Fsp3) is 0.364. The minimum atomic E-state index is -0.315. The number of ether oxygens (including phenoxy) is 1. The number of carbonyl (C=O) groups is 1. The Kier molecular flexibility index (Phi) is 5.25. The molecular formula is C11H13BrFNO2. The third kappa shape index (κ3) is 4.18.